The minimum atomic E-state index is -1.00. The Kier molecular flexibility index (Phi) is 4.80. The largest absolute Gasteiger partial charge is 0.409 e. The van der Waals surface area contributed by atoms with Gasteiger partial charge in [-0.25, -0.2) is 0 Å². The Morgan fingerprint density at radius 2 is 2.19 bits per heavy atom. The van der Waals surface area contributed by atoms with E-state index in [-0.39, 0.29) is 11.7 Å². The molecule has 0 bridgehead atoms. The number of amides is 1. The fourth-order valence-corrected chi connectivity index (χ4v) is 2.53. The van der Waals surface area contributed by atoms with Crippen LogP contribution < -0.4 is 11.1 Å². The lowest BCUT2D eigenvalue weighted by molar-refractivity contribution is -0.126. The maximum atomic E-state index is 12.7. The number of nitrogens with two attached hydrogens (primary N) is 1. The van der Waals surface area contributed by atoms with Gasteiger partial charge >= 0.3 is 0 Å². The number of carbonyl (C=O) groups excluding carboxylic acids is 1. The third kappa shape index (κ3) is 3.16. The lowest BCUT2D eigenvalue weighted by Crippen LogP contribution is -2.50. The maximum absolute atomic E-state index is 12.7. The first-order valence-electron chi connectivity index (χ1n) is 7.08. The second kappa shape index (κ2) is 6.58. The number of nitrogens with zero attached hydrogens (tertiary/aromatic N) is 1. The highest BCUT2D eigenvalue weighted by Gasteiger charge is 2.44. The van der Waals surface area contributed by atoms with E-state index in [1.165, 1.54) is 0 Å². The van der Waals surface area contributed by atoms with Crippen molar-refractivity contribution in [2.24, 2.45) is 16.3 Å². The third-order valence-corrected chi connectivity index (χ3v) is 3.97. The van der Waals surface area contributed by atoms with Gasteiger partial charge in [0.15, 0.2) is 5.84 Å². The number of rotatable bonds is 4. The molecule has 1 aliphatic heterocycles. The smallest absolute Gasteiger partial charge is 0.238 e. The van der Waals surface area contributed by atoms with Crippen molar-refractivity contribution < 1.29 is 14.7 Å². The molecule has 6 heteroatoms. The van der Waals surface area contributed by atoms with Gasteiger partial charge in [0.2, 0.25) is 5.91 Å². The number of hydrogen-bond donors (Lipinski definition) is 3. The molecule has 1 heterocycles. The van der Waals surface area contributed by atoms with Crippen molar-refractivity contribution >= 4 is 17.4 Å². The van der Waals surface area contributed by atoms with E-state index in [2.05, 4.69) is 17.4 Å². The number of benzene rings is 1. The average Bonchev–Trinajstić information content (AvgIpc) is 2.54. The van der Waals surface area contributed by atoms with E-state index in [1.807, 2.05) is 24.3 Å². The molecular weight excluding hydrogens is 270 g/mol. The number of amidine groups is 1. The van der Waals surface area contributed by atoms with Crippen molar-refractivity contribution in [2.75, 3.05) is 18.5 Å². The Morgan fingerprint density at radius 1 is 1.48 bits per heavy atom. The number of ether oxygens (including phenoxy) is 1. The first-order chi connectivity index (χ1) is 10.1. The van der Waals surface area contributed by atoms with Crippen LogP contribution in [0.3, 0.4) is 0 Å². The SMILES string of the molecule is CCc1cccc(NC(=O)C2(C(N)=NO)CCOCC2)c1. The van der Waals surface area contributed by atoms with Crippen molar-refractivity contribution in [3.8, 4) is 0 Å². The van der Waals surface area contributed by atoms with Gasteiger partial charge in [-0.15, -0.1) is 0 Å². The van der Waals surface area contributed by atoms with Crippen LogP contribution in [0.25, 0.3) is 0 Å². The Bertz CT molecular complexity index is 537. The van der Waals surface area contributed by atoms with Gasteiger partial charge in [-0.3, -0.25) is 4.79 Å². The van der Waals surface area contributed by atoms with Crippen molar-refractivity contribution in [1.82, 2.24) is 0 Å². The Hall–Kier alpha value is -2.08. The van der Waals surface area contributed by atoms with Crippen LogP contribution >= 0.6 is 0 Å². The van der Waals surface area contributed by atoms with Crippen LogP contribution in [0.2, 0.25) is 0 Å². The predicted molar refractivity (Wildman–Crippen MR) is 80.3 cm³/mol. The molecule has 0 aromatic heterocycles. The van der Waals surface area contributed by atoms with Crippen LogP contribution in [0.15, 0.2) is 29.4 Å². The monoisotopic (exact) mass is 291 g/mol. The van der Waals surface area contributed by atoms with Gasteiger partial charge in [-0.05, 0) is 37.0 Å². The summed E-state index contributed by atoms with van der Waals surface area (Å²) >= 11 is 0. The molecule has 114 valence electrons. The topological polar surface area (TPSA) is 96.9 Å². The van der Waals surface area contributed by atoms with E-state index >= 15 is 0 Å². The molecule has 6 nitrogen and oxygen atoms in total. The first-order valence-corrected chi connectivity index (χ1v) is 7.08. The van der Waals surface area contributed by atoms with Gasteiger partial charge in [0.1, 0.15) is 5.41 Å². The molecule has 21 heavy (non-hydrogen) atoms. The molecule has 0 aliphatic carbocycles. The predicted octanol–water partition coefficient (Wildman–Crippen LogP) is 1.73. The summed E-state index contributed by atoms with van der Waals surface area (Å²) in [5, 5.41) is 14.9. The molecule has 0 saturated carbocycles. The Balaban J connectivity index is 2.22. The average molecular weight is 291 g/mol. The number of oxime groups is 1. The van der Waals surface area contributed by atoms with Crippen molar-refractivity contribution in [2.45, 2.75) is 26.2 Å². The van der Waals surface area contributed by atoms with Crippen LogP contribution in [0.4, 0.5) is 5.69 Å². The molecule has 0 unspecified atom stereocenters. The summed E-state index contributed by atoms with van der Waals surface area (Å²) in [6, 6.07) is 7.66. The second-order valence-electron chi connectivity index (χ2n) is 5.19. The summed E-state index contributed by atoms with van der Waals surface area (Å²) in [5.41, 5.74) is 6.63. The van der Waals surface area contributed by atoms with E-state index < -0.39 is 5.41 Å². The fourth-order valence-electron chi connectivity index (χ4n) is 2.53. The highest BCUT2D eigenvalue weighted by Crippen LogP contribution is 2.32. The summed E-state index contributed by atoms with van der Waals surface area (Å²) in [7, 11) is 0. The molecule has 4 N–H and O–H groups in total. The molecule has 0 spiro atoms. The number of aryl methyl sites for hydroxylation is 1. The number of anilines is 1. The zero-order chi connectivity index (χ0) is 15.3. The van der Waals surface area contributed by atoms with Crippen molar-refractivity contribution in [1.29, 1.82) is 0 Å². The summed E-state index contributed by atoms with van der Waals surface area (Å²) in [5.74, 6) is -0.315. The second-order valence-corrected chi connectivity index (χ2v) is 5.19. The number of hydrogen-bond acceptors (Lipinski definition) is 4. The van der Waals surface area contributed by atoms with Crippen LogP contribution in [0, 0.1) is 5.41 Å². The lowest BCUT2D eigenvalue weighted by atomic mass is 9.78. The van der Waals surface area contributed by atoms with Gasteiger partial charge in [-0.1, -0.05) is 24.2 Å². The molecular formula is C15H21N3O3. The van der Waals surface area contributed by atoms with Gasteiger partial charge in [0.25, 0.3) is 0 Å². The van der Waals surface area contributed by atoms with Gasteiger partial charge in [0, 0.05) is 18.9 Å². The standard InChI is InChI=1S/C15H21N3O3/c1-2-11-4-3-5-12(10-11)17-14(19)15(13(16)18-20)6-8-21-9-7-15/h3-5,10,20H,2,6-9H2,1H3,(H2,16,18)(H,17,19). The van der Waals surface area contributed by atoms with E-state index in [9.17, 15) is 4.79 Å². The summed E-state index contributed by atoms with van der Waals surface area (Å²) in [4.78, 5) is 12.7. The molecule has 1 saturated heterocycles. The van der Waals surface area contributed by atoms with E-state index in [0.717, 1.165) is 17.7 Å². The summed E-state index contributed by atoms with van der Waals surface area (Å²) in [6.07, 6.45) is 1.70. The fraction of sp³-hybridized carbons (Fsp3) is 0.467. The molecule has 2 rings (SSSR count). The first kappa shape index (κ1) is 15.3. The van der Waals surface area contributed by atoms with Gasteiger partial charge < -0.3 is 21.0 Å². The highest BCUT2D eigenvalue weighted by molar-refractivity contribution is 6.12. The summed E-state index contributed by atoms with van der Waals surface area (Å²) < 4.78 is 5.28. The molecule has 1 aliphatic rings. The molecule has 1 aromatic carbocycles. The quantitative estimate of drug-likeness (QED) is 0.340. The zero-order valence-electron chi connectivity index (χ0n) is 12.1. The normalized spacial score (nSPS) is 18.2. The number of carbonyl (C=O) groups is 1. The van der Waals surface area contributed by atoms with Crippen LogP contribution in [-0.4, -0.2) is 30.2 Å². The lowest BCUT2D eigenvalue weighted by Gasteiger charge is -2.34. The van der Waals surface area contributed by atoms with Crippen molar-refractivity contribution in [3.05, 3.63) is 29.8 Å². The van der Waals surface area contributed by atoms with E-state index in [4.69, 9.17) is 15.7 Å². The van der Waals surface area contributed by atoms with Gasteiger partial charge in [-0.2, -0.15) is 0 Å². The van der Waals surface area contributed by atoms with Crippen LogP contribution in [0.1, 0.15) is 25.3 Å². The Labute approximate surface area is 124 Å². The minimum absolute atomic E-state index is 0.0602. The molecule has 0 radical (unpaired) electrons. The molecule has 1 amide bonds. The highest BCUT2D eigenvalue weighted by atomic mass is 16.5. The Morgan fingerprint density at radius 3 is 2.81 bits per heavy atom. The van der Waals surface area contributed by atoms with Crippen LogP contribution in [-0.2, 0) is 16.0 Å². The van der Waals surface area contributed by atoms with Crippen molar-refractivity contribution in [3.63, 3.8) is 0 Å². The minimum Gasteiger partial charge on any atom is -0.409 e. The summed E-state index contributed by atoms with van der Waals surface area (Å²) in [6.45, 7) is 2.88. The zero-order valence-corrected chi connectivity index (χ0v) is 12.1. The third-order valence-electron chi connectivity index (χ3n) is 3.97. The van der Waals surface area contributed by atoms with Crippen LogP contribution in [0.5, 0.6) is 0 Å². The number of nitrogens with one attached hydrogen (secondary N) is 1. The maximum Gasteiger partial charge on any atom is 0.238 e. The van der Waals surface area contributed by atoms with E-state index in [1.54, 1.807) is 0 Å². The molecule has 0 atom stereocenters. The molecule has 1 fully saturated rings. The van der Waals surface area contributed by atoms with Gasteiger partial charge in [0.05, 0.1) is 0 Å². The van der Waals surface area contributed by atoms with E-state index in [0.29, 0.717) is 26.1 Å². The molecule has 1 aromatic rings.